The zero-order valence-electron chi connectivity index (χ0n) is 10.9. The maximum absolute atomic E-state index is 9.03. The van der Waals surface area contributed by atoms with Gasteiger partial charge in [-0.1, -0.05) is 0 Å². The van der Waals surface area contributed by atoms with Crippen molar-refractivity contribution in [2.24, 2.45) is 0 Å². The monoisotopic (exact) mass is 263 g/mol. The minimum atomic E-state index is 0.0457. The number of hydrogen-bond acceptors (Lipinski definition) is 6. The lowest BCUT2D eigenvalue weighted by Gasteiger charge is -2.34. The first-order valence-corrected chi connectivity index (χ1v) is 6.43. The van der Waals surface area contributed by atoms with E-state index >= 15 is 0 Å². The Morgan fingerprint density at radius 2 is 2.37 bits per heavy atom. The summed E-state index contributed by atoms with van der Waals surface area (Å²) in [4.78, 5) is 10.9. The molecule has 19 heavy (non-hydrogen) atoms. The van der Waals surface area contributed by atoms with Crippen LogP contribution in [0.25, 0.3) is 11.0 Å². The van der Waals surface area contributed by atoms with E-state index in [1.807, 2.05) is 0 Å². The van der Waals surface area contributed by atoms with Crippen LogP contribution in [-0.2, 0) is 11.3 Å². The van der Waals surface area contributed by atoms with Gasteiger partial charge < -0.3 is 14.7 Å². The van der Waals surface area contributed by atoms with Gasteiger partial charge in [-0.25, -0.2) is 14.6 Å². The maximum Gasteiger partial charge on any atom is 0.163 e. The summed E-state index contributed by atoms with van der Waals surface area (Å²) in [5, 5.41) is 14.2. The van der Waals surface area contributed by atoms with Gasteiger partial charge in [0.2, 0.25) is 0 Å². The quantitative estimate of drug-likeness (QED) is 0.843. The van der Waals surface area contributed by atoms with Crippen LogP contribution in [0.3, 0.4) is 0 Å². The average Bonchev–Trinajstić information content (AvgIpc) is 2.83. The Balaban J connectivity index is 2.03. The van der Waals surface area contributed by atoms with Gasteiger partial charge in [0, 0.05) is 6.54 Å². The van der Waals surface area contributed by atoms with Gasteiger partial charge in [-0.05, 0) is 6.92 Å². The third-order valence-electron chi connectivity index (χ3n) is 3.36. The Labute approximate surface area is 110 Å². The summed E-state index contributed by atoms with van der Waals surface area (Å²) in [6, 6.07) is 0.285. The van der Waals surface area contributed by atoms with Crippen LogP contribution in [0.1, 0.15) is 6.92 Å². The fourth-order valence-corrected chi connectivity index (χ4v) is 2.41. The number of aromatic nitrogens is 4. The van der Waals surface area contributed by atoms with Crippen molar-refractivity contribution in [1.29, 1.82) is 0 Å². The predicted molar refractivity (Wildman–Crippen MR) is 70.0 cm³/mol. The third kappa shape index (κ3) is 2.15. The lowest BCUT2D eigenvalue weighted by atomic mass is 10.2. The number of morpholine rings is 1. The molecule has 0 amide bonds. The van der Waals surface area contributed by atoms with Crippen molar-refractivity contribution in [3.63, 3.8) is 0 Å². The molecule has 102 valence electrons. The normalized spacial score (nSPS) is 20.1. The summed E-state index contributed by atoms with van der Waals surface area (Å²) in [5.41, 5.74) is 0.762. The molecular weight excluding hydrogens is 246 g/mol. The van der Waals surface area contributed by atoms with Crippen LogP contribution in [0.15, 0.2) is 12.5 Å². The molecule has 1 saturated heterocycles. The number of fused-ring (bicyclic) bond motifs is 1. The van der Waals surface area contributed by atoms with Crippen molar-refractivity contribution in [2.75, 3.05) is 31.3 Å². The number of rotatable bonds is 3. The molecular formula is C12H17N5O2. The number of nitrogens with zero attached hydrogens (tertiary/aromatic N) is 5. The van der Waals surface area contributed by atoms with Gasteiger partial charge >= 0.3 is 0 Å². The van der Waals surface area contributed by atoms with E-state index in [0.717, 1.165) is 23.4 Å². The number of aliphatic hydroxyl groups is 1. The topological polar surface area (TPSA) is 76.3 Å². The molecule has 0 radical (unpaired) electrons. The van der Waals surface area contributed by atoms with Gasteiger partial charge in [-0.2, -0.15) is 5.10 Å². The number of aliphatic hydroxyl groups excluding tert-OH is 1. The first-order chi connectivity index (χ1) is 9.31. The Hall–Kier alpha value is -1.73. The van der Waals surface area contributed by atoms with Gasteiger partial charge in [-0.3, -0.25) is 0 Å². The lowest BCUT2D eigenvalue weighted by Crippen LogP contribution is -2.44. The molecule has 2 aromatic rings. The average molecular weight is 263 g/mol. The molecule has 7 nitrogen and oxygen atoms in total. The number of anilines is 1. The lowest BCUT2D eigenvalue weighted by molar-refractivity contribution is 0.0987. The smallest absolute Gasteiger partial charge is 0.163 e. The second-order valence-corrected chi connectivity index (χ2v) is 4.64. The minimum Gasteiger partial charge on any atom is -0.394 e. The van der Waals surface area contributed by atoms with Crippen LogP contribution >= 0.6 is 0 Å². The molecule has 1 aliphatic heterocycles. The Bertz CT molecular complexity index is 570. The van der Waals surface area contributed by atoms with Crippen molar-refractivity contribution in [3.8, 4) is 0 Å². The standard InChI is InChI=1S/C12H17N5O2/c1-9-7-19-5-3-16(9)11-10-6-15-17(2-4-18)12(10)14-8-13-11/h6,8-9,18H,2-5,7H2,1H3/t9-/m1/s1. The Kier molecular flexibility index (Phi) is 3.31. The first kappa shape index (κ1) is 12.3. The largest absolute Gasteiger partial charge is 0.394 e. The molecule has 0 unspecified atom stereocenters. The summed E-state index contributed by atoms with van der Waals surface area (Å²) in [6.07, 6.45) is 3.32. The summed E-state index contributed by atoms with van der Waals surface area (Å²) < 4.78 is 7.15. The first-order valence-electron chi connectivity index (χ1n) is 6.43. The van der Waals surface area contributed by atoms with Crippen LogP contribution in [0.4, 0.5) is 5.82 Å². The highest BCUT2D eigenvalue weighted by Gasteiger charge is 2.23. The highest BCUT2D eigenvalue weighted by atomic mass is 16.5. The van der Waals surface area contributed by atoms with Crippen molar-refractivity contribution in [2.45, 2.75) is 19.5 Å². The van der Waals surface area contributed by atoms with E-state index in [1.165, 1.54) is 0 Å². The van der Waals surface area contributed by atoms with E-state index in [-0.39, 0.29) is 12.6 Å². The molecule has 0 spiro atoms. The zero-order chi connectivity index (χ0) is 13.2. The summed E-state index contributed by atoms with van der Waals surface area (Å²) in [7, 11) is 0. The molecule has 0 aromatic carbocycles. The third-order valence-corrected chi connectivity index (χ3v) is 3.36. The molecule has 0 aliphatic carbocycles. The van der Waals surface area contributed by atoms with E-state index in [9.17, 15) is 0 Å². The zero-order valence-corrected chi connectivity index (χ0v) is 10.9. The SMILES string of the molecule is C[C@@H]1COCCN1c1ncnc2c1cnn2CCO. The molecule has 1 aliphatic rings. The summed E-state index contributed by atoms with van der Waals surface area (Å²) in [5.74, 6) is 0.894. The highest BCUT2D eigenvalue weighted by molar-refractivity contribution is 5.86. The second kappa shape index (κ2) is 5.10. The Morgan fingerprint density at radius 3 is 3.16 bits per heavy atom. The van der Waals surface area contributed by atoms with E-state index in [0.29, 0.717) is 19.8 Å². The fraction of sp³-hybridized carbons (Fsp3) is 0.583. The van der Waals surface area contributed by atoms with E-state index in [2.05, 4.69) is 26.9 Å². The van der Waals surface area contributed by atoms with Gasteiger partial charge in [-0.15, -0.1) is 0 Å². The summed E-state index contributed by atoms with van der Waals surface area (Å²) in [6.45, 7) is 4.84. The van der Waals surface area contributed by atoms with E-state index in [4.69, 9.17) is 9.84 Å². The molecule has 7 heteroatoms. The predicted octanol–water partition coefficient (Wildman–Crippen LogP) is 0.0437. The van der Waals surface area contributed by atoms with Gasteiger partial charge in [0.15, 0.2) is 5.65 Å². The van der Waals surface area contributed by atoms with Gasteiger partial charge in [0.1, 0.15) is 12.1 Å². The number of hydrogen-bond donors (Lipinski definition) is 1. The highest BCUT2D eigenvalue weighted by Crippen LogP contribution is 2.25. The van der Waals surface area contributed by atoms with Gasteiger partial charge in [0.25, 0.3) is 0 Å². The molecule has 1 fully saturated rings. The minimum absolute atomic E-state index is 0.0457. The summed E-state index contributed by atoms with van der Waals surface area (Å²) >= 11 is 0. The van der Waals surface area contributed by atoms with Crippen LogP contribution in [0.2, 0.25) is 0 Å². The van der Waals surface area contributed by atoms with Crippen molar-refractivity contribution < 1.29 is 9.84 Å². The molecule has 3 rings (SSSR count). The second-order valence-electron chi connectivity index (χ2n) is 4.64. The van der Waals surface area contributed by atoms with Crippen LogP contribution < -0.4 is 4.90 Å². The van der Waals surface area contributed by atoms with Crippen molar-refractivity contribution in [1.82, 2.24) is 19.7 Å². The van der Waals surface area contributed by atoms with Crippen molar-refractivity contribution in [3.05, 3.63) is 12.5 Å². The number of ether oxygens (including phenoxy) is 1. The molecule has 0 saturated carbocycles. The maximum atomic E-state index is 9.03. The van der Waals surface area contributed by atoms with Crippen LogP contribution in [0.5, 0.6) is 0 Å². The van der Waals surface area contributed by atoms with Crippen LogP contribution in [0, 0.1) is 0 Å². The van der Waals surface area contributed by atoms with Crippen LogP contribution in [-0.4, -0.2) is 57.3 Å². The fourth-order valence-electron chi connectivity index (χ4n) is 2.41. The molecule has 2 aromatic heterocycles. The van der Waals surface area contributed by atoms with Crippen molar-refractivity contribution >= 4 is 16.9 Å². The molecule has 1 N–H and O–H groups in total. The molecule has 0 bridgehead atoms. The molecule has 3 heterocycles. The Morgan fingerprint density at radius 1 is 1.47 bits per heavy atom. The van der Waals surface area contributed by atoms with Gasteiger partial charge in [0.05, 0.1) is 44.0 Å². The van der Waals surface area contributed by atoms with E-state index < -0.39 is 0 Å². The molecule has 1 atom stereocenters. The van der Waals surface area contributed by atoms with E-state index in [1.54, 1.807) is 17.2 Å².